The van der Waals surface area contributed by atoms with Gasteiger partial charge < -0.3 is 4.74 Å². The zero-order valence-corrected chi connectivity index (χ0v) is 8.19. The number of halogens is 1. The van der Waals surface area contributed by atoms with Gasteiger partial charge in [0.2, 0.25) is 0 Å². The Bertz CT molecular complexity index is 527. The van der Waals surface area contributed by atoms with Gasteiger partial charge in [-0.25, -0.2) is 0 Å². The van der Waals surface area contributed by atoms with E-state index in [4.69, 9.17) is 10.00 Å². The van der Waals surface area contributed by atoms with Crippen molar-refractivity contribution in [3.05, 3.63) is 28.9 Å². The summed E-state index contributed by atoms with van der Waals surface area (Å²) >= 11 is 1.01. The first kappa shape index (κ1) is 8.97. The molecule has 0 radical (unpaired) electrons. The lowest BCUT2D eigenvalue weighted by Crippen LogP contribution is -1.83. The van der Waals surface area contributed by atoms with Crippen LogP contribution in [0.2, 0.25) is 0 Å². The van der Waals surface area contributed by atoms with E-state index in [0.717, 1.165) is 16.0 Å². The lowest BCUT2D eigenvalue weighted by Gasteiger charge is -2.00. The summed E-state index contributed by atoms with van der Waals surface area (Å²) < 4.78 is 18.7. The lowest BCUT2D eigenvalue weighted by atomic mass is 10.1. The van der Waals surface area contributed by atoms with Crippen molar-refractivity contribution in [1.82, 2.24) is 0 Å². The SMILES string of the molecule is COc1cc(C#N)c2cc(F)sc2c1. The van der Waals surface area contributed by atoms with E-state index in [-0.39, 0.29) is 5.13 Å². The van der Waals surface area contributed by atoms with E-state index in [1.54, 1.807) is 12.1 Å². The predicted octanol–water partition coefficient (Wildman–Crippen LogP) is 2.92. The van der Waals surface area contributed by atoms with Crippen molar-refractivity contribution in [1.29, 1.82) is 5.26 Å². The van der Waals surface area contributed by atoms with Gasteiger partial charge in [0.05, 0.1) is 18.7 Å². The smallest absolute Gasteiger partial charge is 0.177 e. The zero-order valence-electron chi connectivity index (χ0n) is 7.37. The van der Waals surface area contributed by atoms with Crippen molar-refractivity contribution >= 4 is 21.4 Å². The highest BCUT2D eigenvalue weighted by atomic mass is 32.1. The first-order chi connectivity index (χ1) is 6.74. The van der Waals surface area contributed by atoms with Gasteiger partial charge >= 0.3 is 0 Å². The maximum atomic E-state index is 12.9. The molecule has 0 saturated heterocycles. The quantitative estimate of drug-likeness (QED) is 0.720. The summed E-state index contributed by atoms with van der Waals surface area (Å²) in [6.07, 6.45) is 0. The molecule has 4 heteroatoms. The summed E-state index contributed by atoms with van der Waals surface area (Å²) in [5, 5.41) is 9.20. The number of benzene rings is 1. The molecule has 0 aliphatic carbocycles. The van der Waals surface area contributed by atoms with E-state index in [9.17, 15) is 4.39 Å². The van der Waals surface area contributed by atoms with E-state index in [1.165, 1.54) is 13.2 Å². The zero-order chi connectivity index (χ0) is 10.1. The van der Waals surface area contributed by atoms with Crippen LogP contribution in [0.25, 0.3) is 10.1 Å². The van der Waals surface area contributed by atoms with Gasteiger partial charge in [-0.2, -0.15) is 9.65 Å². The van der Waals surface area contributed by atoms with Crippen LogP contribution in [-0.2, 0) is 0 Å². The minimum absolute atomic E-state index is 0.287. The molecule has 1 aromatic heterocycles. The van der Waals surface area contributed by atoms with Gasteiger partial charge in [-0.05, 0) is 18.2 Å². The number of methoxy groups -OCH3 is 1. The van der Waals surface area contributed by atoms with E-state index >= 15 is 0 Å². The summed E-state index contributed by atoms with van der Waals surface area (Å²) in [7, 11) is 1.52. The average molecular weight is 207 g/mol. The molecule has 2 nitrogen and oxygen atoms in total. The van der Waals surface area contributed by atoms with Crippen molar-refractivity contribution in [2.75, 3.05) is 7.11 Å². The number of hydrogen-bond acceptors (Lipinski definition) is 3. The number of hydrogen-bond donors (Lipinski definition) is 0. The van der Waals surface area contributed by atoms with Crippen LogP contribution in [0.3, 0.4) is 0 Å². The van der Waals surface area contributed by atoms with Crippen molar-refractivity contribution < 1.29 is 9.13 Å². The molecule has 2 aromatic rings. The third-order valence-electron chi connectivity index (χ3n) is 1.94. The van der Waals surface area contributed by atoms with Crippen LogP contribution >= 0.6 is 11.3 Å². The number of nitriles is 1. The van der Waals surface area contributed by atoms with Gasteiger partial charge in [0.1, 0.15) is 5.75 Å². The second kappa shape index (κ2) is 3.28. The van der Waals surface area contributed by atoms with Gasteiger partial charge in [0, 0.05) is 10.1 Å². The topological polar surface area (TPSA) is 33.0 Å². The molecule has 0 amide bonds. The summed E-state index contributed by atoms with van der Waals surface area (Å²) in [6.45, 7) is 0. The molecular weight excluding hydrogens is 201 g/mol. The third-order valence-corrected chi connectivity index (χ3v) is 2.81. The molecule has 1 aromatic carbocycles. The van der Waals surface area contributed by atoms with Gasteiger partial charge in [0.25, 0.3) is 0 Å². The van der Waals surface area contributed by atoms with Crippen LogP contribution in [0.4, 0.5) is 4.39 Å². The molecule has 1 heterocycles. The normalized spacial score (nSPS) is 10.1. The molecule has 14 heavy (non-hydrogen) atoms. The van der Waals surface area contributed by atoms with Gasteiger partial charge in [-0.1, -0.05) is 0 Å². The maximum Gasteiger partial charge on any atom is 0.177 e. The van der Waals surface area contributed by atoms with Crippen molar-refractivity contribution in [3.63, 3.8) is 0 Å². The fourth-order valence-electron chi connectivity index (χ4n) is 1.29. The molecule has 0 saturated carbocycles. The van der Waals surface area contributed by atoms with Crippen LogP contribution in [-0.4, -0.2) is 7.11 Å². The number of thiophene rings is 1. The fourth-order valence-corrected chi connectivity index (χ4v) is 2.13. The standard InChI is InChI=1S/C10H6FNOS/c1-13-7-2-6(5-12)8-4-10(11)14-9(8)3-7/h2-4H,1H3. The Morgan fingerprint density at radius 3 is 2.86 bits per heavy atom. The third kappa shape index (κ3) is 1.32. The number of nitrogens with zero attached hydrogens (tertiary/aromatic N) is 1. The van der Waals surface area contributed by atoms with Gasteiger partial charge in [0.15, 0.2) is 5.13 Å². The van der Waals surface area contributed by atoms with Crippen LogP contribution in [0, 0.1) is 16.5 Å². The van der Waals surface area contributed by atoms with Crippen molar-refractivity contribution in [2.24, 2.45) is 0 Å². The minimum Gasteiger partial charge on any atom is -0.497 e. The molecule has 0 aliphatic heterocycles. The highest BCUT2D eigenvalue weighted by Crippen LogP contribution is 2.31. The van der Waals surface area contributed by atoms with E-state index < -0.39 is 0 Å². The molecule has 70 valence electrons. The predicted molar refractivity (Wildman–Crippen MR) is 53.1 cm³/mol. The van der Waals surface area contributed by atoms with Gasteiger partial charge in [-0.3, -0.25) is 0 Å². The summed E-state index contributed by atoms with van der Waals surface area (Å²) in [6, 6.07) is 6.72. The largest absolute Gasteiger partial charge is 0.497 e. The molecule has 0 bridgehead atoms. The molecule has 0 atom stereocenters. The molecule has 0 N–H and O–H groups in total. The average Bonchev–Trinajstić information content (AvgIpc) is 2.56. The Kier molecular flexibility index (Phi) is 2.10. The first-order valence-electron chi connectivity index (χ1n) is 3.92. The van der Waals surface area contributed by atoms with Crippen LogP contribution in [0.15, 0.2) is 18.2 Å². The lowest BCUT2D eigenvalue weighted by molar-refractivity contribution is 0.415. The fraction of sp³-hybridized carbons (Fsp3) is 0.100. The Labute approximate surface area is 84.2 Å². The van der Waals surface area contributed by atoms with E-state index in [1.807, 2.05) is 6.07 Å². The second-order valence-corrected chi connectivity index (χ2v) is 3.78. The first-order valence-corrected chi connectivity index (χ1v) is 4.73. The summed E-state index contributed by atoms with van der Waals surface area (Å²) in [5.41, 5.74) is 0.444. The Morgan fingerprint density at radius 1 is 1.43 bits per heavy atom. The number of rotatable bonds is 1. The minimum atomic E-state index is -0.287. The number of ether oxygens (including phenoxy) is 1. The monoisotopic (exact) mass is 207 g/mol. The Hall–Kier alpha value is -1.60. The number of fused-ring (bicyclic) bond motifs is 1. The molecule has 0 fully saturated rings. The molecule has 2 rings (SSSR count). The highest BCUT2D eigenvalue weighted by Gasteiger charge is 2.08. The molecular formula is C10H6FNOS. The van der Waals surface area contributed by atoms with Crippen molar-refractivity contribution in [3.8, 4) is 11.8 Å². The van der Waals surface area contributed by atoms with Crippen LogP contribution in [0.5, 0.6) is 5.75 Å². The highest BCUT2D eigenvalue weighted by molar-refractivity contribution is 7.17. The molecule has 0 aliphatic rings. The Balaban J connectivity index is 2.80. The van der Waals surface area contributed by atoms with Crippen LogP contribution in [0.1, 0.15) is 5.56 Å². The second-order valence-electron chi connectivity index (χ2n) is 2.75. The molecule has 0 unspecified atom stereocenters. The molecule has 0 spiro atoms. The van der Waals surface area contributed by atoms with E-state index in [2.05, 4.69) is 0 Å². The maximum absolute atomic E-state index is 12.9. The van der Waals surface area contributed by atoms with Crippen molar-refractivity contribution in [2.45, 2.75) is 0 Å². The summed E-state index contributed by atoms with van der Waals surface area (Å²) in [4.78, 5) is 0. The van der Waals surface area contributed by atoms with Gasteiger partial charge in [-0.15, -0.1) is 11.3 Å². The Morgan fingerprint density at radius 2 is 2.21 bits per heavy atom. The summed E-state index contributed by atoms with van der Waals surface area (Å²) in [5.74, 6) is 0.580. The van der Waals surface area contributed by atoms with E-state index in [0.29, 0.717) is 16.7 Å². The van der Waals surface area contributed by atoms with Crippen LogP contribution < -0.4 is 4.74 Å².